The van der Waals surface area contributed by atoms with Gasteiger partial charge < -0.3 is 9.84 Å². The van der Waals surface area contributed by atoms with Crippen LogP contribution in [0.2, 0.25) is 0 Å². The number of carboxylic acid groups (broad SMARTS) is 1. The van der Waals surface area contributed by atoms with Gasteiger partial charge in [-0.3, -0.25) is 4.90 Å². The van der Waals surface area contributed by atoms with Crippen molar-refractivity contribution in [1.82, 2.24) is 0 Å². The summed E-state index contributed by atoms with van der Waals surface area (Å²) in [6.07, 6.45) is -1.33. The highest BCUT2D eigenvalue weighted by molar-refractivity contribution is 5.90. The Morgan fingerprint density at radius 1 is 1.38 bits per heavy atom. The van der Waals surface area contributed by atoms with Gasteiger partial charge in [0.1, 0.15) is 0 Å². The second-order valence-electron chi connectivity index (χ2n) is 3.49. The summed E-state index contributed by atoms with van der Waals surface area (Å²) in [6, 6.07) is 9.03. The number of nitrogens with zero attached hydrogens (tertiary/aromatic N) is 1. The van der Waals surface area contributed by atoms with Gasteiger partial charge in [-0.2, -0.15) is 0 Å². The molecule has 1 N–H and O–H groups in total. The number of benzene rings is 1. The van der Waals surface area contributed by atoms with Crippen molar-refractivity contribution in [2.24, 2.45) is 0 Å². The van der Waals surface area contributed by atoms with Crippen LogP contribution in [0.25, 0.3) is 0 Å². The molecule has 0 saturated carbocycles. The van der Waals surface area contributed by atoms with Crippen LogP contribution in [0.4, 0.5) is 10.5 Å². The van der Waals surface area contributed by atoms with Crippen molar-refractivity contribution in [3.8, 4) is 0 Å². The smallest absolute Gasteiger partial charge is 0.415 e. The first kappa shape index (κ1) is 10.5. The van der Waals surface area contributed by atoms with Crippen LogP contribution in [-0.4, -0.2) is 29.8 Å². The molecule has 1 amide bonds. The summed E-state index contributed by atoms with van der Waals surface area (Å²) in [6.45, 7) is 0.361. The third kappa shape index (κ3) is 1.98. The molecular weight excluding hydrogens is 210 g/mol. The molecule has 84 valence electrons. The summed E-state index contributed by atoms with van der Waals surface area (Å²) < 4.78 is 4.80. The fourth-order valence-corrected chi connectivity index (χ4v) is 1.60. The molecule has 1 aromatic carbocycles. The second-order valence-corrected chi connectivity index (χ2v) is 3.49. The Labute approximate surface area is 92.2 Å². The molecule has 1 saturated heterocycles. The number of anilines is 1. The lowest BCUT2D eigenvalue weighted by Gasteiger charge is -2.29. The first-order chi connectivity index (χ1) is 7.68. The maximum Gasteiger partial charge on any atom is 0.415 e. The Hall–Kier alpha value is -2.04. The van der Waals surface area contributed by atoms with E-state index >= 15 is 0 Å². The molecule has 5 nitrogen and oxygen atoms in total. The summed E-state index contributed by atoms with van der Waals surface area (Å²) in [5.74, 6) is -1.10. The van der Waals surface area contributed by atoms with E-state index in [-0.39, 0.29) is 0 Å². The zero-order chi connectivity index (χ0) is 11.5. The van der Waals surface area contributed by atoms with E-state index < -0.39 is 18.2 Å². The van der Waals surface area contributed by atoms with Crippen molar-refractivity contribution in [2.75, 3.05) is 11.4 Å². The molecule has 1 aromatic rings. The molecule has 1 aliphatic rings. The minimum atomic E-state index is -1.10. The number of hydrogen-bond donors (Lipinski definition) is 1. The van der Waals surface area contributed by atoms with Crippen molar-refractivity contribution in [1.29, 1.82) is 0 Å². The van der Waals surface area contributed by atoms with Crippen LogP contribution < -0.4 is 4.90 Å². The monoisotopic (exact) mass is 221 g/mol. The van der Waals surface area contributed by atoms with Crippen LogP contribution in [0.1, 0.15) is 6.42 Å². The minimum absolute atomic E-state index is 0.302. The average molecular weight is 221 g/mol. The van der Waals surface area contributed by atoms with Crippen molar-refractivity contribution >= 4 is 17.7 Å². The molecule has 1 unspecified atom stereocenters. The number of cyclic esters (lactones) is 1. The molecule has 1 fully saturated rings. The first-order valence-corrected chi connectivity index (χ1v) is 4.94. The van der Waals surface area contributed by atoms with Crippen LogP contribution in [0.5, 0.6) is 0 Å². The summed E-state index contributed by atoms with van der Waals surface area (Å²) in [5, 5.41) is 8.72. The molecular formula is C11H11NO4. The Bertz CT molecular complexity index is 404. The third-order valence-corrected chi connectivity index (χ3v) is 2.42. The van der Waals surface area contributed by atoms with E-state index in [1.54, 1.807) is 12.1 Å². The maximum atomic E-state index is 11.5. The lowest BCUT2D eigenvalue weighted by atomic mass is 10.2. The third-order valence-electron chi connectivity index (χ3n) is 2.42. The van der Waals surface area contributed by atoms with Crippen LogP contribution in [0.3, 0.4) is 0 Å². The largest absolute Gasteiger partial charge is 0.479 e. The van der Waals surface area contributed by atoms with E-state index in [4.69, 9.17) is 9.84 Å². The summed E-state index contributed by atoms with van der Waals surface area (Å²) in [7, 11) is 0. The van der Waals surface area contributed by atoms with E-state index in [9.17, 15) is 9.59 Å². The zero-order valence-corrected chi connectivity index (χ0v) is 8.50. The molecule has 0 aliphatic carbocycles. The quantitative estimate of drug-likeness (QED) is 0.821. The highest BCUT2D eigenvalue weighted by Crippen LogP contribution is 2.20. The SMILES string of the molecule is O=C(O)C1CCN(c2ccccc2)C(=O)O1. The number of rotatable bonds is 2. The Balaban J connectivity index is 2.11. The molecule has 1 heterocycles. The number of carboxylic acids is 1. The van der Waals surface area contributed by atoms with Gasteiger partial charge in [0.25, 0.3) is 0 Å². The molecule has 1 aliphatic heterocycles. The minimum Gasteiger partial charge on any atom is -0.479 e. The standard InChI is InChI=1S/C11H11NO4/c13-10(14)9-6-7-12(11(15)16-9)8-4-2-1-3-5-8/h1-5,9H,6-7H2,(H,13,14). The average Bonchev–Trinajstić information content (AvgIpc) is 2.30. The number of para-hydroxylation sites is 1. The zero-order valence-electron chi connectivity index (χ0n) is 8.50. The summed E-state index contributed by atoms with van der Waals surface area (Å²) in [5.41, 5.74) is 0.719. The second kappa shape index (κ2) is 4.22. The number of ether oxygens (including phenoxy) is 1. The number of hydrogen-bond acceptors (Lipinski definition) is 3. The van der Waals surface area contributed by atoms with Gasteiger partial charge in [-0.1, -0.05) is 18.2 Å². The normalized spacial score (nSPS) is 20.4. The highest BCUT2D eigenvalue weighted by Gasteiger charge is 2.32. The van der Waals surface area contributed by atoms with E-state index in [0.717, 1.165) is 5.69 Å². The Morgan fingerprint density at radius 3 is 2.62 bits per heavy atom. The van der Waals surface area contributed by atoms with Crippen LogP contribution >= 0.6 is 0 Å². The van der Waals surface area contributed by atoms with Crippen LogP contribution in [-0.2, 0) is 9.53 Å². The molecule has 5 heteroatoms. The van der Waals surface area contributed by atoms with Gasteiger partial charge in [-0.15, -0.1) is 0 Å². The molecule has 2 rings (SSSR count). The van der Waals surface area contributed by atoms with E-state index in [1.165, 1.54) is 4.90 Å². The number of carbonyl (C=O) groups is 2. The van der Waals surface area contributed by atoms with E-state index in [2.05, 4.69) is 0 Å². The lowest BCUT2D eigenvalue weighted by molar-refractivity contribution is -0.147. The fourth-order valence-electron chi connectivity index (χ4n) is 1.60. The van der Waals surface area contributed by atoms with Gasteiger partial charge in [0.05, 0.1) is 0 Å². The van der Waals surface area contributed by atoms with Crippen molar-refractivity contribution in [3.63, 3.8) is 0 Å². The Morgan fingerprint density at radius 2 is 2.06 bits per heavy atom. The molecule has 0 radical (unpaired) electrons. The van der Waals surface area contributed by atoms with E-state index in [0.29, 0.717) is 13.0 Å². The predicted octanol–water partition coefficient (Wildman–Crippen LogP) is 1.49. The number of amides is 1. The molecule has 0 spiro atoms. The van der Waals surface area contributed by atoms with Gasteiger partial charge in [0.2, 0.25) is 6.10 Å². The summed E-state index contributed by atoms with van der Waals surface area (Å²) >= 11 is 0. The van der Waals surface area contributed by atoms with Crippen LogP contribution in [0, 0.1) is 0 Å². The van der Waals surface area contributed by atoms with E-state index in [1.807, 2.05) is 18.2 Å². The molecule has 0 aromatic heterocycles. The van der Waals surface area contributed by atoms with Gasteiger partial charge in [-0.05, 0) is 12.1 Å². The topological polar surface area (TPSA) is 66.8 Å². The first-order valence-electron chi connectivity index (χ1n) is 4.94. The summed E-state index contributed by atoms with van der Waals surface area (Å²) in [4.78, 5) is 23.6. The fraction of sp³-hybridized carbons (Fsp3) is 0.273. The van der Waals surface area contributed by atoms with Gasteiger partial charge in [0, 0.05) is 18.7 Å². The maximum absolute atomic E-state index is 11.5. The van der Waals surface area contributed by atoms with Crippen molar-refractivity contribution < 1.29 is 19.4 Å². The lowest BCUT2D eigenvalue weighted by Crippen LogP contribution is -2.44. The van der Waals surface area contributed by atoms with Gasteiger partial charge in [-0.25, -0.2) is 9.59 Å². The molecule has 1 atom stereocenters. The highest BCUT2D eigenvalue weighted by atomic mass is 16.6. The van der Waals surface area contributed by atoms with Crippen molar-refractivity contribution in [3.05, 3.63) is 30.3 Å². The molecule has 16 heavy (non-hydrogen) atoms. The van der Waals surface area contributed by atoms with Gasteiger partial charge >= 0.3 is 12.1 Å². The number of carbonyl (C=O) groups excluding carboxylic acids is 1. The van der Waals surface area contributed by atoms with Crippen molar-refractivity contribution in [2.45, 2.75) is 12.5 Å². The number of aliphatic carboxylic acids is 1. The predicted molar refractivity (Wildman–Crippen MR) is 56.3 cm³/mol. The van der Waals surface area contributed by atoms with Crippen LogP contribution in [0.15, 0.2) is 30.3 Å². The van der Waals surface area contributed by atoms with Gasteiger partial charge in [0.15, 0.2) is 0 Å². The molecule has 0 bridgehead atoms. The Kier molecular flexibility index (Phi) is 2.76.